The van der Waals surface area contributed by atoms with Gasteiger partial charge >= 0.3 is 6.36 Å². The molecular weight excluding hydrogens is 349 g/mol. The van der Waals surface area contributed by atoms with E-state index in [9.17, 15) is 13.2 Å². The van der Waals surface area contributed by atoms with Gasteiger partial charge in [0.2, 0.25) is 0 Å². The van der Waals surface area contributed by atoms with Gasteiger partial charge in [-0.25, -0.2) is 0 Å². The molecule has 27 heavy (non-hydrogen) atoms. The summed E-state index contributed by atoms with van der Waals surface area (Å²) in [7, 11) is 0. The summed E-state index contributed by atoms with van der Waals surface area (Å²) in [6.07, 6.45) is 4.20. The standard InChI is InChI=1S/C23H27F3O/c1-2-3-4-5-6-17-7-9-18(10-8-17)19-11-12-21-16-22(27-23(24,25)26)14-13-20(21)15-19/h7-10,13-14,16,19H,2-6,11-12,15H2,1H3. The number of fused-ring (bicyclic) bond motifs is 1. The summed E-state index contributed by atoms with van der Waals surface area (Å²) >= 11 is 0. The SMILES string of the molecule is CCCCCCc1ccc(C2CCc3cc(OC(F)(F)F)ccc3C2)cc1. The molecule has 1 aliphatic carbocycles. The molecule has 0 saturated heterocycles. The lowest BCUT2D eigenvalue weighted by Gasteiger charge is -2.25. The molecule has 0 fully saturated rings. The highest BCUT2D eigenvalue weighted by atomic mass is 19.4. The maximum atomic E-state index is 12.4. The Bertz CT molecular complexity index is 734. The van der Waals surface area contributed by atoms with Crippen molar-refractivity contribution < 1.29 is 17.9 Å². The van der Waals surface area contributed by atoms with Crippen LogP contribution in [-0.2, 0) is 19.3 Å². The van der Waals surface area contributed by atoms with Crippen molar-refractivity contribution in [2.45, 2.75) is 70.6 Å². The number of alkyl halides is 3. The van der Waals surface area contributed by atoms with Crippen LogP contribution in [0.25, 0.3) is 0 Å². The van der Waals surface area contributed by atoms with Gasteiger partial charge in [-0.3, -0.25) is 0 Å². The quantitative estimate of drug-likeness (QED) is 0.474. The Balaban J connectivity index is 1.60. The molecule has 0 bridgehead atoms. The normalized spacial score (nSPS) is 16.8. The Labute approximate surface area is 159 Å². The zero-order valence-electron chi connectivity index (χ0n) is 15.8. The van der Waals surface area contributed by atoms with Crippen LogP contribution in [0, 0.1) is 0 Å². The fourth-order valence-corrected chi connectivity index (χ4v) is 3.93. The average Bonchev–Trinajstić information content (AvgIpc) is 2.64. The van der Waals surface area contributed by atoms with E-state index in [1.54, 1.807) is 12.1 Å². The summed E-state index contributed by atoms with van der Waals surface area (Å²) in [5.41, 5.74) is 4.82. The highest BCUT2D eigenvalue weighted by Crippen LogP contribution is 2.35. The third-order valence-corrected chi connectivity index (χ3v) is 5.41. The van der Waals surface area contributed by atoms with Crippen LogP contribution in [0.3, 0.4) is 0 Å². The van der Waals surface area contributed by atoms with E-state index < -0.39 is 6.36 Å². The summed E-state index contributed by atoms with van der Waals surface area (Å²) in [4.78, 5) is 0. The van der Waals surface area contributed by atoms with Crippen LogP contribution >= 0.6 is 0 Å². The second-order valence-electron chi connectivity index (χ2n) is 7.47. The van der Waals surface area contributed by atoms with Gasteiger partial charge in [0, 0.05) is 0 Å². The molecule has 0 N–H and O–H groups in total. The number of hydrogen-bond donors (Lipinski definition) is 0. The first-order valence-electron chi connectivity index (χ1n) is 9.91. The van der Waals surface area contributed by atoms with Gasteiger partial charge in [0.15, 0.2) is 0 Å². The molecular formula is C23H27F3O. The molecule has 1 atom stereocenters. The summed E-state index contributed by atoms with van der Waals surface area (Å²) in [5.74, 6) is 0.313. The Hall–Kier alpha value is -1.97. The lowest BCUT2D eigenvalue weighted by Crippen LogP contribution is -2.18. The Morgan fingerprint density at radius 1 is 0.963 bits per heavy atom. The van der Waals surface area contributed by atoms with Crippen LogP contribution in [0.15, 0.2) is 42.5 Å². The number of hydrogen-bond acceptors (Lipinski definition) is 1. The number of benzene rings is 2. The van der Waals surface area contributed by atoms with Crippen molar-refractivity contribution in [2.24, 2.45) is 0 Å². The fourth-order valence-electron chi connectivity index (χ4n) is 3.93. The van der Waals surface area contributed by atoms with E-state index in [1.165, 1.54) is 42.9 Å². The Kier molecular flexibility index (Phi) is 6.46. The van der Waals surface area contributed by atoms with E-state index in [0.29, 0.717) is 5.92 Å². The number of unbranched alkanes of at least 4 members (excludes halogenated alkanes) is 3. The van der Waals surface area contributed by atoms with Crippen LogP contribution in [-0.4, -0.2) is 6.36 Å². The van der Waals surface area contributed by atoms with Gasteiger partial charge < -0.3 is 4.74 Å². The average molecular weight is 376 g/mol. The molecule has 0 spiro atoms. The molecule has 3 rings (SSSR count). The number of rotatable bonds is 7. The van der Waals surface area contributed by atoms with Crippen molar-refractivity contribution in [3.63, 3.8) is 0 Å². The zero-order valence-corrected chi connectivity index (χ0v) is 15.8. The van der Waals surface area contributed by atoms with Crippen LogP contribution in [0.2, 0.25) is 0 Å². The van der Waals surface area contributed by atoms with Gasteiger partial charge in [-0.05, 0) is 72.4 Å². The second-order valence-corrected chi connectivity index (χ2v) is 7.47. The molecule has 0 radical (unpaired) electrons. The predicted molar refractivity (Wildman–Crippen MR) is 102 cm³/mol. The summed E-state index contributed by atoms with van der Waals surface area (Å²) in [6, 6.07) is 13.7. The van der Waals surface area contributed by atoms with E-state index in [0.717, 1.165) is 36.8 Å². The molecule has 0 aromatic heterocycles. The first-order chi connectivity index (χ1) is 12.9. The van der Waals surface area contributed by atoms with Crippen molar-refractivity contribution in [2.75, 3.05) is 0 Å². The monoisotopic (exact) mass is 376 g/mol. The minimum atomic E-state index is -4.64. The van der Waals surface area contributed by atoms with Gasteiger partial charge in [-0.1, -0.05) is 56.5 Å². The Morgan fingerprint density at radius 3 is 2.44 bits per heavy atom. The topological polar surface area (TPSA) is 9.23 Å². The molecule has 1 unspecified atom stereocenters. The highest BCUT2D eigenvalue weighted by molar-refractivity contribution is 5.40. The molecule has 0 aliphatic heterocycles. The molecule has 0 saturated carbocycles. The minimum Gasteiger partial charge on any atom is -0.406 e. The number of aryl methyl sites for hydroxylation is 2. The highest BCUT2D eigenvalue weighted by Gasteiger charge is 2.31. The minimum absolute atomic E-state index is 0.118. The number of halogens is 3. The third kappa shape index (κ3) is 5.75. The fraction of sp³-hybridized carbons (Fsp3) is 0.478. The van der Waals surface area contributed by atoms with Gasteiger partial charge in [-0.2, -0.15) is 0 Å². The first-order valence-corrected chi connectivity index (χ1v) is 9.91. The van der Waals surface area contributed by atoms with E-state index >= 15 is 0 Å². The second kappa shape index (κ2) is 8.81. The van der Waals surface area contributed by atoms with E-state index in [1.807, 2.05) is 0 Å². The molecule has 4 heteroatoms. The lowest BCUT2D eigenvalue weighted by atomic mass is 9.80. The molecule has 0 amide bonds. The molecule has 1 nitrogen and oxygen atoms in total. The lowest BCUT2D eigenvalue weighted by molar-refractivity contribution is -0.274. The van der Waals surface area contributed by atoms with Crippen LogP contribution in [0.5, 0.6) is 5.75 Å². The van der Waals surface area contributed by atoms with Crippen molar-refractivity contribution in [1.82, 2.24) is 0 Å². The largest absolute Gasteiger partial charge is 0.573 e. The zero-order chi connectivity index (χ0) is 19.3. The van der Waals surface area contributed by atoms with Gasteiger partial charge in [0.25, 0.3) is 0 Å². The van der Waals surface area contributed by atoms with E-state index in [2.05, 4.69) is 35.9 Å². The third-order valence-electron chi connectivity index (χ3n) is 5.41. The predicted octanol–water partition coefficient (Wildman–Crippen LogP) is 6.98. The van der Waals surface area contributed by atoms with Crippen LogP contribution in [0.1, 0.15) is 67.2 Å². The van der Waals surface area contributed by atoms with Gasteiger partial charge in [0.05, 0.1) is 0 Å². The molecule has 0 heterocycles. The summed E-state index contributed by atoms with van der Waals surface area (Å²) in [6.45, 7) is 2.22. The molecule has 146 valence electrons. The van der Waals surface area contributed by atoms with Crippen molar-refractivity contribution in [3.8, 4) is 5.75 Å². The number of ether oxygens (including phenoxy) is 1. The molecule has 2 aromatic rings. The van der Waals surface area contributed by atoms with Crippen molar-refractivity contribution >= 4 is 0 Å². The van der Waals surface area contributed by atoms with Gasteiger partial charge in [0.1, 0.15) is 5.75 Å². The summed E-state index contributed by atoms with van der Waals surface area (Å²) < 4.78 is 41.2. The van der Waals surface area contributed by atoms with Crippen LogP contribution in [0.4, 0.5) is 13.2 Å². The van der Waals surface area contributed by atoms with Crippen molar-refractivity contribution in [3.05, 3.63) is 64.7 Å². The molecule has 1 aliphatic rings. The maximum absolute atomic E-state index is 12.4. The van der Waals surface area contributed by atoms with E-state index in [-0.39, 0.29) is 5.75 Å². The first kappa shape index (κ1) is 19.8. The van der Waals surface area contributed by atoms with Gasteiger partial charge in [-0.15, -0.1) is 13.2 Å². The molecule has 2 aromatic carbocycles. The Morgan fingerprint density at radius 2 is 1.74 bits per heavy atom. The van der Waals surface area contributed by atoms with Crippen molar-refractivity contribution in [1.29, 1.82) is 0 Å². The summed E-state index contributed by atoms with van der Waals surface area (Å²) in [5, 5.41) is 0. The smallest absolute Gasteiger partial charge is 0.406 e. The van der Waals surface area contributed by atoms with E-state index in [4.69, 9.17) is 0 Å². The van der Waals surface area contributed by atoms with Crippen LogP contribution < -0.4 is 4.74 Å². The maximum Gasteiger partial charge on any atom is 0.573 e.